The molecule has 0 radical (unpaired) electrons. The van der Waals surface area contributed by atoms with Crippen molar-refractivity contribution in [1.29, 1.82) is 0 Å². The summed E-state index contributed by atoms with van der Waals surface area (Å²) < 4.78 is 39.1. The van der Waals surface area contributed by atoms with Crippen molar-refractivity contribution < 1.29 is 22.4 Å². The maximum absolute atomic E-state index is 14.9. The van der Waals surface area contributed by atoms with Crippen molar-refractivity contribution in [3.63, 3.8) is 0 Å². The van der Waals surface area contributed by atoms with Crippen molar-refractivity contribution in [1.82, 2.24) is 5.01 Å². The van der Waals surface area contributed by atoms with Crippen molar-refractivity contribution in [3.05, 3.63) is 77.6 Å². The summed E-state index contributed by atoms with van der Waals surface area (Å²) in [5.74, 6) is -1.38. The Hall–Kier alpha value is -3.76. The van der Waals surface area contributed by atoms with E-state index in [1.807, 2.05) is 0 Å². The van der Waals surface area contributed by atoms with Gasteiger partial charge < -0.3 is 10.6 Å². The van der Waals surface area contributed by atoms with Crippen LogP contribution < -0.4 is 10.6 Å². The Morgan fingerprint density at radius 2 is 1.77 bits per heavy atom. The van der Waals surface area contributed by atoms with E-state index in [9.17, 15) is 22.4 Å². The highest BCUT2D eigenvalue weighted by atomic mass is 35.5. The Kier molecular flexibility index (Phi) is 6.86. The van der Waals surface area contributed by atoms with Gasteiger partial charge in [0.25, 0.3) is 0 Å². The number of amides is 3. The molecule has 0 bridgehead atoms. The second kappa shape index (κ2) is 9.85. The number of carbonyl (C=O) groups excluding carboxylic acids is 2. The van der Waals surface area contributed by atoms with E-state index >= 15 is 0 Å². The molecule has 180 valence electrons. The standard InChI is InChI=1S/C24H20ClFN4O4S/c1-35(33,34)22-5-3-2-4-18(22)15-6-11-20(19(26)14-15)29-23(31)21-12-13-27-30(21)24(32)28-17-9-7-16(25)8-10-17/h2-11,13-14,21H,12H2,1H3,(H,28,32)(H,29,31). The van der Waals surface area contributed by atoms with Crippen LogP contribution in [0.25, 0.3) is 11.1 Å². The average Bonchev–Trinajstić information content (AvgIpc) is 3.32. The molecule has 2 N–H and O–H groups in total. The molecule has 0 saturated heterocycles. The number of hydrazone groups is 1. The Morgan fingerprint density at radius 1 is 1.06 bits per heavy atom. The van der Waals surface area contributed by atoms with Gasteiger partial charge in [-0.05, 0) is 48.0 Å². The SMILES string of the molecule is CS(=O)(=O)c1ccccc1-c1ccc(NC(=O)C2CC=NN2C(=O)Nc2ccc(Cl)cc2)c(F)c1. The lowest BCUT2D eigenvalue weighted by Crippen LogP contribution is -2.43. The molecule has 4 rings (SSSR count). The number of hydrogen-bond acceptors (Lipinski definition) is 5. The Labute approximate surface area is 206 Å². The minimum Gasteiger partial charge on any atom is -0.322 e. The molecular formula is C24H20ClFN4O4S. The van der Waals surface area contributed by atoms with Gasteiger partial charge >= 0.3 is 6.03 Å². The third kappa shape index (κ3) is 5.50. The van der Waals surface area contributed by atoms with Crippen molar-refractivity contribution >= 4 is 51.0 Å². The number of nitrogens with zero attached hydrogens (tertiary/aromatic N) is 2. The van der Waals surface area contributed by atoms with Gasteiger partial charge in [0.2, 0.25) is 5.91 Å². The van der Waals surface area contributed by atoms with Gasteiger partial charge in [-0.15, -0.1) is 0 Å². The van der Waals surface area contributed by atoms with Crippen LogP contribution in [0.1, 0.15) is 6.42 Å². The Balaban J connectivity index is 1.49. The number of rotatable bonds is 5. The summed E-state index contributed by atoms with van der Waals surface area (Å²) in [7, 11) is -3.53. The van der Waals surface area contributed by atoms with E-state index in [2.05, 4.69) is 15.7 Å². The highest BCUT2D eigenvalue weighted by Crippen LogP contribution is 2.30. The van der Waals surface area contributed by atoms with Gasteiger partial charge in [-0.25, -0.2) is 22.6 Å². The lowest BCUT2D eigenvalue weighted by Gasteiger charge is -2.22. The number of benzene rings is 3. The molecule has 8 nitrogen and oxygen atoms in total. The van der Waals surface area contributed by atoms with Crippen LogP contribution in [0.2, 0.25) is 5.02 Å². The van der Waals surface area contributed by atoms with E-state index in [1.54, 1.807) is 42.5 Å². The van der Waals surface area contributed by atoms with Gasteiger partial charge in [0.1, 0.15) is 11.9 Å². The topological polar surface area (TPSA) is 108 Å². The normalized spacial score (nSPS) is 15.2. The first-order valence-electron chi connectivity index (χ1n) is 10.4. The molecule has 0 fully saturated rings. The minimum atomic E-state index is -3.53. The number of nitrogens with one attached hydrogen (secondary N) is 2. The summed E-state index contributed by atoms with van der Waals surface area (Å²) in [5.41, 5.74) is 1.05. The molecule has 1 aliphatic heterocycles. The van der Waals surface area contributed by atoms with E-state index in [4.69, 9.17) is 11.6 Å². The summed E-state index contributed by atoms with van der Waals surface area (Å²) in [6.07, 6.45) is 2.66. The summed E-state index contributed by atoms with van der Waals surface area (Å²) in [5, 5.41) is 10.6. The summed E-state index contributed by atoms with van der Waals surface area (Å²) in [6, 6.07) is 15.1. The van der Waals surface area contributed by atoms with Crippen LogP contribution >= 0.6 is 11.6 Å². The van der Waals surface area contributed by atoms with Gasteiger partial charge in [0.05, 0.1) is 10.6 Å². The summed E-state index contributed by atoms with van der Waals surface area (Å²) >= 11 is 5.85. The average molecular weight is 515 g/mol. The second-order valence-electron chi connectivity index (χ2n) is 7.78. The molecule has 3 amide bonds. The zero-order valence-corrected chi connectivity index (χ0v) is 20.0. The zero-order valence-electron chi connectivity index (χ0n) is 18.4. The van der Waals surface area contributed by atoms with Gasteiger partial charge in [0, 0.05) is 35.2 Å². The molecule has 0 aromatic heterocycles. The van der Waals surface area contributed by atoms with Gasteiger partial charge in [0.15, 0.2) is 9.84 Å². The minimum absolute atomic E-state index is 0.0710. The second-order valence-corrected chi connectivity index (χ2v) is 10.2. The lowest BCUT2D eigenvalue weighted by molar-refractivity contribution is -0.119. The van der Waals surface area contributed by atoms with Gasteiger partial charge in [-0.2, -0.15) is 5.10 Å². The van der Waals surface area contributed by atoms with Gasteiger partial charge in [-0.3, -0.25) is 4.79 Å². The van der Waals surface area contributed by atoms with Crippen LogP contribution in [0, 0.1) is 5.82 Å². The summed E-state index contributed by atoms with van der Waals surface area (Å²) in [6.45, 7) is 0. The molecule has 1 unspecified atom stereocenters. The highest BCUT2D eigenvalue weighted by Gasteiger charge is 2.33. The van der Waals surface area contributed by atoms with Gasteiger partial charge in [-0.1, -0.05) is 35.9 Å². The number of halogens is 2. The van der Waals surface area contributed by atoms with Crippen molar-refractivity contribution in [2.45, 2.75) is 17.4 Å². The molecule has 35 heavy (non-hydrogen) atoms. The lowest BCUT2D eigenvalue weighted by atomic mass is 10.0. The van der Waals surface area contributed by atoms with Crippen molar-refractivity contribution in [2.75, 3.05) is 16.9 Å². The van der Waals surface area contributed by atoms with E-state index < -0.39 is 33.6 Å². The fraction of sp³-hybridized carbons (Fsp3) is 0.125. The number of carbonyl (C=O) groups is 2. The number of anilines is 2. The predicted molar refractivity (Wildman–Crippen MR) is 133 cm³/mol. The molecule has 0 aliphatic carbocycles. The number of urea groups is 1. The maximum atomic E-state index is 14.9. The molecule has 11 heteroatoms. The molecule has 0 spiro atoms. The van der Waals surface area contributed by atoms with E-state index in [0.29, 0.717) is 21.8 Å². The quantitative estimate of drug-likeness (QED) is 0.510. The molecule has 1 aliphatic rings. The van der Waals surface area contributed by atoms with Crippen LogP contribution in [0.5, 0.6) is 0 Å². The number of hydrogen-bond donors (Lipinski definition) is 2. The maximum Gasteiger partial charge on any atom is 0.343 e. The van der Waals surface area contributed by atoms with Crippen LogP contribution in [0.15, 0.2) is 76.7 Å². The molecule has 0 saturated carbocycles. The Morgan fingerprint density at radius 3 is 2.46 bits per heavy atom. The molecule has 3 aromatic rings. The third-order valence-electron chi connectivity index (χ3n) is 5.26. The summed E-state index contributed by atoms with van der Waals surface area (Å²) in [4.78, 5) is 25.5. The molecule has 1 atom stereocenters. The fourth-order valence-electron chi connectivity index (χ4n) is 3.57. The van der Waals surface area contributed by atoms with E-state index in [0.717, 1.165) is 17.3 Å². The molecule has 1 heterocycles. The number of sulfone groups is 1. The fourth-order valence-corrected chi connectivity index (χ4v) is 4.61. The van der Waals surface area contributed by atoms with E-state index in [1.165, 1.54) is 24.4 Å². The largest absolute Gasteiger partial charge is 0.343 e. The van der Waals surface area contributed by atoms with Crippen LogP contribution in [0.3, 0.4) is 0 Å². The smallest absolute Gasteiger partial charge is 0.322 e. The predicted octanol–water partition coefficient (Wildman–Crippen LogP) is 4.78. The third-order valence-corrected chi connectivity index (χ3v) is 6.67. The van der Waals surface area contributed by atoms with Crippen molar-refractivity contribution in [2.24, 2.45) is 5.10 Å². The first-order chi connectivity index (χ1) is 16.6. The molecular weight excluding hydrogens is 495 g/mol. The highest BCUT2D eigenvalue weighted by molar-refractivity contribution is 7.90. The first kappa shape index (κ1) is 24.4. The van der Waals surface area contributed by atoms with E-state index in [-0.39, 0.29) is 17.0 Å². The van der Waals surface area contributed by atoms with Crippen LogP contribution in [-0.2, 0) is 14.6 Å². The monoisotopic (exact) mass is 514 g/mol. The van der Waals surface area contributed by atoms with Crippen molar-refractivity contribution in [3.8, 4) is 11.1 Å². The van der Waals surface area contributed by atoms with Crippen LogP contribution in [-0.4, -0.2) is 43.9 Å². The van der Waals surface area contributed by atoms with Crippen LogP contribution in [0.4, 0.5) is 20.6 Å². The first-order valence-corrected chi connectivity index (χ1v) is 12.7. The Bertz CT molecular complexity index is 1430. The molecule has 3 aromatic carbocycles. The zero-order chi connectivity index (χ0) is 25.2.